The summed E-state index contributed by atoms with van der Waals surface area (Å²) in [6.45, 7) is 0.200. The number of nitrogens with zero attached hydrogens (tertiary/aromatic N) is 1. The molecule has 1 aromatic rings. The summed E-state index contributed by atoms with van der Waals surface area (Å²) in [5, 5.41) is 2.93. The van der Waals surface area contributed by atoms with Gasteiger partial charge in [-0.05, 0) is 6.07 Å². The molecule has 0 aliphatic heterocycles. The number of aromatic nitrogens is 1. The van der Waals surface area contributed by atoms with Crippen LogP contribution in [0, 0.1) is 12.3 Å². The van der Waals surface area contributed by atoms with Gasteiger partial charge in [-0.25, -0.2) is 0 Å². The Bertz CT molecular complexity index is 357. The third-order valence-corrected chi connectivity index (χ3v) is 1.52. The van der Waals surface area contributed by atoms with Crippen molar-refractivity contribution in [3.63, 3.8) is 0 Å². The highest BCUT2D eigenvalue weighted by Gasteiger charge is 2.04. The molecular formula is C9H7ClN2O. The van der Waals surface area contributed by atoms with Gasteiger partial charge in [0.25, 0.3) is 5.91 Å². The number of pyridine rings is 1. The van der Waals surface area contributed by atoms with E-state index in [9.17, 15) is 4.79 Å². The molecule has 0 saturated carbocycles. The molecular weight excluding hydrogens is 188 g/mol. The number of hydrogen-bond donors (Lipinski definition) is 1. The first kappa shape index (κ1) is 9.56. The molecule has 0 radical (unpaired) electrons. The lowest BCUT2D eigenvalue weighted by Gasteiger charge is -2.00. The van der Waals surface area contributed by atoms with E-state index in [1.54, 1.807) is 0 Å². The van der Waals surface area contributed by atoms with E-state index in [2.05, 4.69) is 16.2 Å². The summed E-state index contributed by atoms with van der Waals surface area (Å²) in [4.78, 5) is 15.0. The predicted molar refractivity (Wildman–Crippen MR) is 50.4 cm³/mol. The highest BCUT2D eigenvalue weighted by Crippen LogP contribution is 2.07. The van der Waals surface area contributed by atoms with E-state index in [1.807, 2.05) is 0 Å². The molecule has 1 aromatic heterocycles. The summed E-state index contributed by atoms with van der Waals surface area (Å²) in [5.74, 6) is 2.03. The van der Waals surface area contributed by atoms with Gasteiger partial charge in [0, 0.05) is 12.4 Å². The van der Waals surface area contributed by atoms with Crippen molar-refractivity contribution in [2.24, 2.45) is 0 Å². The fourth-order valence-corrected chi connectivity index (χ4v) is 0.943. The highest BCUT2D eigenvalue weighted by molar-refractivity contribution is 6.30. The fourth-order valence-electron chi connectivity index (χ4n) is 0.769. The number of halogens is 1. The van der Waals surface area contributed by atoms with Crippen molar-refractivity contribution in [2.45, 2.75) is 0 Å². The van der Waals surface area contributed by atoms with Gasteiger partial charge in [-0.2, -0.15) is 0 Å². The van der Waals surface area contributed by atoms with Gasteiger partial charge in [0.2, 0.25) is 0 Å². The summed E-state index contributed by atoms with van der Waals surface area (Å²) >= 11 is 5.64. The first-order valence-corrected chi connectivity index (χ1v) is 3.94. The Labute approximate surface area is 81.1 Å². The van der Waals surface area contributed by atoms with Crippen LogP contribution in [-0.2, 0) is 0 Å². The second-order valence-corrected chi connectivity index (χ2v) is 2.72. The third kappa shape index (κ3) is 2.77. The minimum atomic E-state index is -0.270. The van der Waals surface area contributed by atoms with Crippen molar-refractivity contribution in [2.75, 3.05) is 6.54 Å². The quantitative estimate of drug-likeness (QED) is 0.717. The van der Waals surface area contributed by atoms with E-state index in [4.69, 9.17) is 18.0 Å². The highest BCUT2D eigenvalue weighted by atomic mass is 35.5. The number of amides is 1. The Morgan fingerprint density at radius 1 is 1.69 bits per heavy atom. The molecule has 1 N–H and O–H groups in total. The average molecular weight is 195 g/mol. The van der Waals surface area contributed by atoms with E-state index >= 15 is 0 Å². The number of carbonyl (C=O) groups is 1. The maximum Gasteiger partial charge on any atom is 0.253 e. The van der Waals surface area contributed by atoms with Gasteiger partial charge in [-0.15, -0.1) is 6.42 Å². The molecule has 1 heterocycles. The monoisotopic (exact) mass is 194 g/mol. The van der Waals surface area contributed by atoms with E-state index < -0.39 is 0 Å². The molecule has 1 rings (SSSR count). The zero-order valence-corrected chi connectivity index (χ0v) is 7.51. The molecule has 0 aliphatic rings. The van der Waals surface area contributed by atoms with Gasteiger partial charge in [0.1, 0.15) is 0 Å². The van der Waals surface area contributed by atoms with Crippen molar-refractivity contribution in [1.82, 2.24) is 10.3 Å². The molecule has 0 atom stereocenters. The van der Waals surface area contributed by atoms with Crippen LogP contribution in [0.2, 0.25) is 5.02 Å². The summed E-state index contributed by atoms with van der Waals surface area (Å²) < 4.78 is 0. The van der Waals surface area contributed by atoms with Gasteiger partial charge < -0.3 is 5.32 Å². The molecule has 3 nitrogen and oxygen atoms in total. The second-order valence-electron chi connectivity index (χ2n) is 2.28. The van der Waals surface area contributed by atoms with Crippen LogP contribution in [0.15, 0.2) is 18.5 Å². The number of nitrogens with one attached hydrogen (secondary N) is 1. The topological polar surface area (TPSA) is 42.0 Å². The van der Waals surface area contributed by atoms with Crippen LogP contribution in [0.1, 0.15) is 10.4 Å². The van der Waals surface area contributed by atoms with Crippen LogP contribution in [0.4, 0.5) is 0 Å². The number of hydrogen-bond acceptors (Lipinski definition) is 2. The molecule has 0 aliphatic carbocycles. The maximum absolute atomic E-state index is 11.3. The van der Waals surface area contributed by atoms with Crippen molar-refractivity contribution in [3.05, 3.63) is 29.0 Å². The van der Waals surface area contributed by atoms with Crippen LogP contribution in [0.3, 0.4) is 0 Å². The Balaban J connectivity index is 2.72. The molecule has 0 aromatic carbocycles. The van der Waals surface area contributed by atoms with E-state index in [1.165, 1.54) is 18.5 Å². The van der Waals surface area contributed by atoms with Crippen LogP contribution in [0.25, 0.3) is 0 Å². The summed E-state index contributed by atoms with van der Waals surface area (Å²) in [6, 6.07) is 1.53. The molecule has 0 fully saturated rings. The third-order valence-electron chi connectivity index (χ3n) is 1.32. The molecule has 66 valence electrons. The molecule has 0 unspecified atom stereocenters. The van der Waals surface area contributed by atoms with E-state index in [0.717, 1.165) is 0 Å². The van der Waals surface area contributed by atoms with Gasteiger partial charge in [-0.1, -0.05) is 17.5 Å². The number of rotatable bonds is 2. The van der Waals surface area contributed by atoms with Crippen LogP contribution in [0.5, 0.6) is 0 Å². The van der Waals surface area contributed by atoms with Crippen molar-refractivity contribution < 1.29 is 4.79 Å². The largest absolute Gasteiger partial charge is 0.341 e. The maximum atomic E-state index is 11.3. The lowest BCUT2D eigenvalue weighted by molar-refractivity contribution is 0.0958. The Morgan fingerprint density at radius 2 is 2.46 bits per heavy atom. The van der Waals surface area contributed by atoms with Crippen LogP contribution >= 0.6 is 11.6 Å². The minimum Gasteiger partial charge on any atom is -0.341 e. The van der Waals surface area contributed by atoms with E-state index in [-0.39, 0.29) is 12.5 Å². The standard InChI is InChI=1S/C9H7ClN2O/c1-2-3-12-9(13)7-4-8(10)6-11-5-7/h1,4-6H,3H2,(H,12,13). The van der Waals surface area contributed by atoms with Crippen LogP contribution in [-0.4, -0.2) is 17.4 Å². The average Bonchev–Trinajstić information content (AvgIpc) is 2.14. The van der Waals surface area contributed by atoms with Crippen molar-refractivity contribution in [3.8, 4) is 12.3 Å². The summed E-state index contributed by atoms with van der Waals surface area (Å²) in [7, 11) is 0. The van der Waals surface area contributed by atoms with Crippen molar-refractivity contribution in [1.29, 1.82) is 0 Å². The SMILES string of the molecule is C#CCNC(=O)c1cncc(Cl)c1. The number of terminal acetylenes is 1. The normalized spacial score (nSPS) is 8.92. The number of carbonyl (C=O) groups excluding carboxylic acids is 1. The molecule has 0 spiro atoms. The van der Waals surface area contributed by atoms with Gasteiger partial charge >= 0.3 is 0 Å². The molecule has 0 saturated heterocycles. The molecule has 0 bridgehead atoms. The second kappa shape index (κ2) is 4.48. The van der Waals surface area contributed by atoms with Gasteiger partial charge in [-0.3, -0.25) is 9.78 Å². The molecule has 1 amide bonds. The fraction of sp³-hybridized carbons (Fsp3) is 0.111. The Kier molecular flexibility index (Phi) is 3.30. The smallest absolute Gasteiger partial charge is 0.253 e. The molecule has 13 heavy (non-hydrogen) atoms. The summed E-state index contributed by atoms with van der Waals surface area (Å²) in [6.07, 6.45) is 7.86. The van der Waals surface area contributed by atoms with Crippen molar-refractivity contribution >= 4 is 17.5 Å². The Hall–Kier alpha value is -1.53. The Morgan fingerprint density at radius 3 is 3.08 bits per heavy atom. The van der Waals surface area contributed by atoms with Crippen LogP contribution < -0.4 is 5.32 Å². The van der Waals surface area contributed by atoms with Gasteiger partial charge in [0.05, 0.1) is 17.1 Å². The first-order chi connectivity index (χ1) is 6.24. The first-order valence-electron chi connectivity index (χ1n) is 3.56. The lowest BCUT2D eigenvalue weighted by atomic mass is 10.3. The summed E-state index contributed by atoms with van der Waals surface area (Å²) in [5.41, 5.74) is 0.405. The predicted octanol–water partition coefficient (Wildman–Crippen LogP) is 1.10. The zero-order valence-electron chi connectivity index (χ0n) is 6.75. The van der Waals surface area contributed by atoms with Gasteiger partial charge in [0.15, 0.2) is 0 Å². The minimum absolute atomic E-state index is 0.200. The molecule has 4 heteroatoms. The lowest BCUT2D eigenvalue weighted by Crippen LogP contribution is -2.23. The van der Waals surface area contributed by atoms with E-state index in [0.29, 0.717) is 10.6 Å². The zero-order chi connectivity index (χ0) is 9.68.